The van der Waals surface area contributed by atoms with Gasteiger partial charge in [-0.1, -0.05) is 66.7 Å². The van der Waals surface area contributed by atoms with Crippen LogP contribution in [-0.2, 0) is 29.2 Å². The number of hydrogen-bond donors (Lipinski definition) is 1. The number of benzene rings is 2. The smallest absolute Gasteiger partial charge is 0.230 e. The fourth-order valence-corrected chi connectivity index (χ4v) is 4.87. The summed E-state index contributed by atoms with van der Waals surface area (Å²) in [6.07, 6.45) is 0.969. The van der Waals surface area contributed by atoms with Crippen LogP contribution < -0.4 is 5.32 Å². The van der Waals surface area contributed by atoms with Crippen molar-refractivity contribution in [2.45, 2.75) is 45.1 Å². The van der Waals surface area contributed by atoms with Gasteiger partial charge in [-0.05, 0) is 30.5 Å². The molecule has 0 unspecified atom stereocenters. The molecule has 1 aliphatic rings. The van der Waals surface area contributed by atoms with Gasteiger partial charge >= 0.3 is 0 Å². The molecule has 0 bridgehead atoms. The van der Waals surface area contributed by atoms with Crippen molar-refractivity contribution < 1.29 is 9.53 Å². The van der Waals surface area contributed by atoms with E-state index in [4.69, 9.17) is 4.74 Å². The lowest BCUT2D eigenvalue weighted by Gasteiger charge is -2.27. The van der Waals surface area contributed by atoms with Gasteiger partial charge in [-0.2, -0.15) is 0 Å². The number of hydrogen-bond acceptors (Lipinski definition) is 6. The zero-order valence-corrected chi connectivity index (χ0v) is 20.8. The predicted octanol–water partition coefficient (Wildman–Crippen LogP) is 3.90. The Bertz CT molecular complexity index is 1090. The SMILES string of the molecule is CCCn1c(SCC(=O)NCc2ccccc2CN2CCOCC2)nnc1-c1cccc(C)c1. The largest absolute Gasteiger partial charge is 0.379 e. The highest BCUT2D eigenvalue weighted by Gasteiger charge is 2.16. The number of aryl methyl sites for hydroxylation is 1. The molecule has 0 atom stereocenters. The molecule has 2 heterocycles. The number of nitrogens with one attached hydrogen (secondary N) is 1. The summed E-state index contributed by atoms with van der Waals surface area (Å²) >= 11 is 1.44. The van der Waals surface area contributed by atoms with Gasteiger partial charge in [0, 0.05) is 38.3 Å². The lowest BCUT2D eigenvalue weighted by molar-refractivity contribution is -0.118. The summed E-state index contributed by atoms with van der Waals surface area (Å²) in [6, 6.07) is 16.6. The zero-order valence-electron chi connectivity index (χ0n) is 20.0. The third-order valence-corrected chi connectivity index (χ3v) is 6.83. The first-order valence-corrected chi connectivity index (χ1v) is 12.9. The van der Waals surface area contributed by atoms with Crippen molar-refractivity contribution in [3.63, 3.8) is 0 Å². The number of thioether (sulfide) groups is 1. The highest BCUT2D eigenvalue weighted by molar-refractivity contribution is 7.99. The summed E-state index contributed by atoms with van der Waals surface area (Å²) in [5.41, 5.74) is 4.64. The molecule has 4 rings (SSSR count). The van der Waals surface area contributed by atoms with Crippen molar-refractivity contribution in [1.82, 2.24) is 25.0 Å². The lowest BCUT2D eigenvalue weighted by Crippen LogP contribution is -2.36. The van der Waals surface area contributed by atoms with Crippen LogP contribution in [0.3, 0.4) is 0 Å². The van der Waals surface area contributed by atoms with Crippen molar-refractivity contribution in [1.29, 1.82) is 0 Å². The molecular formula is C26H33N5O2S. The van der Waals surface area contributed by atoms with Gasteiger partial charge in [0.1, 0.15) is 0 Å². The summed E-state index contributed by atoms with van der Waals surface area (Å²) in [5.74, 6) is 1.15. The molecule has 0 radical (unpaired) electrons. The van der Waals surface area contributed by atoms with Gasteiger partial charge in [-0.15, -0.1) is 10.2 Å². The molecule has 7 nitrogen and oxygen atoms in total. The molecule has 34 heavy (non-hydrogen) atoms. The van der Waals surface area contributed by atoms with E-state index in [0.29, 0.717) is 12.3 Å². The highest BCUT2D eigenvalue weighted by Crippen LogP contribution is 2.25. The minimum absolute atomic E-state index is 0.00525. The van der Waals surface area contributed by atoms with Gasteiger partial charge in [-0.3, -0.25) is 9.69 Å². The first kappa shape index (κ1) is 24.4. The van der Waals surface area contributed by atoms with E-state index in [0.717, 1.165) is 67.9 Å². The average Bonchev–Trinajstić information content (AvgIpc) is 3.25. The summed E-state index contributed by atoms with van der Waals surface area (Å²) in [5, 5.41) is 12.7. The van der Waals surface area contributed by atoms with Gasteiger partial charge in [0.2, 0.25) is 5.91 Å². The number of carbonyl (C=O) groups is 1. The predicted molar refractivity (Wildman–Crippen MR) is 136 cm³/mol. The van der Waals surface area contributed by atoms with E-state index in [1.54, 1.807) is 0 Å². The third-order valence-electron chi connectivity index (χ3n) is 5.86. The Morgan fingerprint density at radius 3 is 2.65 bits per heavy atom. The van der Waals surface area contributed by atoms with Gasteiger partial charge in [-0.25, -0.2) is 0 Å². The topological polar surface area (TPSA) is 72.3 Å². The number of morpholine rings is 1. The number of aromatic nitrogens is 3. The van der Waals surface area contributed by atoms with Crippen molar-refractivity contribution in [2.75, 3.05) is 32.1 Å². The minimum Gasteiger partial charge on any atom is -0.379 e. The third kappa shape index (κ3) is 6.46. The van der Waals surface area contributed by atoms with E-state index >= 15 is 0 Å². The molecule has 8 heteroatoms. The first-order chi connectivity index (χ1) is 16.6. The summed E-state index contributed by atoms with van der Waals surface area (Å²) < 4.78 is 7.57. The van der Waals surface area contributed by atoms with E-state index in [1.807, 2.05) is 12.1 Å². The second-order valence-corrected chi connectivity index (χ2v) is 9.49. The first-order valence-electron chi connectivity index (χ1n) is 11.9. The number of nitrogens with zero attached hydrogens (tertiary/aromatic N) is 4. The maximum absolute atomic E-state index is 12.7. The summed E-state index contributed by atoms with van der Waals surface area (Å²) in [7, 11) is 0. The van der Waals surface area contributed by atoms with Crippen LogP contribution in [0.1, 0.15) is 30.0 Å². The molecule has 1 amide bonds. The van der Waals surface area contributed by atoms with Crippen LogP contribution in [0.5, 0.6) is 0 Å². The number of amides is 1. The van der Waals surface area contributed by atoms with Crippen LogP contribution in [0, 0.1) is 6.92 Å². The Hall–Kier alpha value is -2.68. The molecule has 1 N–H and O–H groups in total. The van der Waals surface area contributed by atoms with Crippen LogP contribution in [0.15, 0.2) is 53.7 Å². The number of carbonyl (C=O) groups excluding carboxylic acids is 1. The van der Waals surface area contributed by atoms with Crippen molar-refractivity contribution >= 4 is 17.7 Å². The van der Waals surface area contributed by atoms with Gasteiger partial charge in [0.15, 0.2) is 11.0 Å². The zero-order chi connectivity index (χ0) is 23.8. The van der Waals surface area contributed by atoms with Gasteiger partial charge < -0.3 is 14.6 Å². The summed E-state index contributed by atoms with van der Waals surface area (Å²) in [4.78, 5) is 15.1. The Labute approximate surface area is 205 Å². The number of ether oxygens (including phenoxy) is 1. The van der Waals surface area contributed by atoms with Crippen LogP contribution in [0.4, 0.5) is 0 Å². The second-order valence-electron chi connectivity index (χ2n) is 8.55. The Balaban J connectivity index is 1.35. The average molecular weight is 480 g/mol. The lowest BCUT2D eigenvalue weighted by atomic mass is 10.1. The van der Waals surface area contributed by atoms with E-state index in [1.165, 1.54) is 22.9 Å². The van der Waals surface area contributed by atoms with E-state index in [9.17, 15) is 4.79 Å². The van der Waals surface area contributed by atoms with Gasteiger partial charge in [0.05, 0.1) is 19.0 Å². The van der Waals surface area contributed by atoms with E-state index in [-0.39, 0.29) is 5.91 Å². The molecular weight excluding hydrogens is 446 g/mol. The quantitative estimate of drug-likeness (QED) is 0.445. The molecule has 2 aromatic carbocycles. The van der Waals surface area contributed by atoms with E-state index < -0.39 is 0 Å². The fourth-order valence-electron chi connectivity index (χ4n) is 4.08. The van der Waals surface area contributed by atoms with Crippen molar-refractivity contribution in [2.24, 2.45) is 0 Å². The van der Waals surface area contributed by atoms with Crippen LogP contribution >= 0.6 is 11.8 Å². The maximum Gasteiger partial charge on any atom is 0.230 e. The Morgan fingerprint density at radius 1 is 1.09 bits per heavy atom. The molecule has 1 aliphatic heterocycles. The standard InChI is InChI=1S/C26H33N5O2S/c1-3-11-31-25(21-10-6-7-20(2)16-21)28-29-26(31)34-19-24(32)27-17-22-8-4-5-9-23(22)18-30-12-14-33-15-13-30/h4-10,16H,3,11-15,17-19H2,1-2H3,(H,27,32). The minimum atomic E-state index is -0.00525. The van der Waals surface area contributed by atoms with Crippen LogP contribution in [0.2, 0.25) is 0 Å². The molecule has 0 aliphatic carbocycles. The molecule has 1 saturated heterocycles. The fraction of sp³-hybridized carbons (Fsp3) is 0.423. The molecule has 1 fully saturated rings. The Morgan fingerprint density at radius 2 is 1.88 bits per heavy atom. The highest BCUT2D eigenvalue weighted by atomic mass is 32.2. The molecule has 180 valence electrons. The van der Waals surface area contributed by atoms with Crippen LogP contribution in [-0.4, -0.2) is 57.6 Å². The van der Waals surface area contributed by atoms with Crippen LogP contribution in [0.25, 0.3) is 11.4 Å². The maximum atomic E-state index is 12.7. The molecule has 1 aromatic heterocycles. The summed E-state index contributed by atoms with van der Waals surface area (Å²) in [6.45, 7) is 9.88. The normalized spacial score (nSPS) is 14.3. The van der Waals surface area contributed by atoms with Gasteiger partial charge in [0.25, 0.3) is 0 Å². The van der Waals surface area contributed by atoms with Crippen molar-refractivity contribution in [3.05, 3.63) is 65.2 Å². The monoisotopic (exact) mass is 479 g/mol. The van der Waals surface area contributed by atoms with E-state index in [2.05, 4.69) is 75.2 Å². The second kappa shape index (κ2) is 12.1. The number of rotatable bonds is 10. The molecule has 0 saturated carbocycles. The molecule has 0 spiro atoms. The Kier molecular flexibility index (Phi) is 8.73. The molecule has 3 aromatic rings. The van der Waals surface area contributed by atoms with Crippen molar-refractivity contribution in [3.8, 4) is 11.4 Å².